The van der Waals surface area contributed by atoms with Crippen LogP contribution in [0.3, 0.4) is 0 Å². The molecule has 0 spiro atoms. The Morgan fingerprint density at radius 3 is 2.92 bits per heavy atom. The Morgan fingerprint density at radius 2 is 2.12 bits per heavy atom. The maximum Gasteiger partial charge on any atom is 0.336 e. The molecule has 9 heteroatoms. The second kappa shape index (κ2) is 7.34. The summed E-state index contributed by atoms with van der Waals surface area (Å²) in [6.07, 6.45) is 0.518. The van der Waals surface area contributed by atoms with Gasteiger partial charge in [-0.25, -0.2) is 9.78 Å². The first-order chi connectivity index (χ1) is 12.6. The van der Waals surface area contributed by atoms with E-state index in [-0.39, 0.29) is 5.63 Å². The van der Waals surface area contributed by atoms with E-state index in [0.717, 1.165) is 26.1 Å². The van der Waals surface area contributed by atoms with Crippen molar-refractivity contribution in [1.29, 1.82) is 0 Å². The number of hydrogen-bond acceptors (Lipinski definition) is 8. The Kier molecular flexibility index (Phi) is 4.92. The molecule has 0 aliphatic carbocycles. The average molecular weight is 450 g/mol. The number of halogens is 1. The molecule has 3 aromatic heterocycles. The van der Waals surface area contributed by atoms with Crippen LogP contribution in [0.2, 0.25) is 0 Å². The van der Waals surface area contributed by atoms with Crippen LogP contribution in [0.4, 0.5) is 0 Å². The van der Waals surface area contributed by atoms with Crippen molar-refractivity contribution in [1.82, 2.24) is 15.2 Å². The number of thioether (sulfide) groups is 1. The predicted molar refractivity (Wildman–Crippen MR) is 104 cm³/mol. The number of nitrogens with zero attached hydrogens (tertiary/aromatic N) is 3. The van der Waals surface area contributed by atoms with Crippen LogP contribution in [-0.2, 0) is 12.2 Å². The van der Waals surface area contributed by atoms with Gasteiger partial charge in [0.25, 0.3) is 5.22 Å². The highest BCUT2D eigenvalue weighted by atomic mass is 79.9. The van der Waals surface area contributed by atoms with Gasteiger partial charge in [-0.15, -0.1) is 21.5 Å². The highest BCUT2D eigenvalue weighted by Crippen LogP contribution is 2.27. The highest BCUT2D eigenvalue weighted by molar-refractivity contribution is 9.10. The summed E-state index contributed by atoms with van der Waals surface area (Å²) < 4.78 is 11.8. The SMILES string of the molecule is Cc1nc(Cc2nnc(SCc3cc(=O)oc4cc(Br)ccc34)o2)cs1. The van der Waals surface area contributed by atoms with Gasteiger partial charge in [-0.3, -0.25) is 0 Å². The molecule has 0 aliphatic rings. The molecule has 4 aromatic rings. The molecule has 0 atom stereocenters. The first-order valence-electron chi connectivity index (χ1n) is 7.65. The van der Waals surface area contributed by atoms with E-state index < -0.39 is 0 Å². The summed E-state index contributed by atoms with van der Waals surface area (Å²) in [6.45, 7) is 1.96. The van der Waals surface area contributed by atoms with Gasteiger partial charge in [0.1, 0.15) is 5.58 Å². The molecule has 26 heavy (non-hydrogen) atoms. The topological polar surface area (TPSA) is 82.0 Å². The molecule has 132 valence electrons. The molecule has 0 radical (unpaired) electrons. The summed E-state index contributed by atoms with van der Waals surface area (Å²) in [5.41, 5.74) is 1.96. The summed E-state index contributed by atoms with van der Waals surface area (Å²) >= 11 is 6.36. The van der Waals surface area contributed by atoms with Crippen molar-refractivity contribution in [3.8, 4) is 0 Å². The van der Waals surface area contributed by atoms with Crippen LogP contribution < -0.4 is 5.63 Å². The number of benzene rings is 1. The number of thiazole rings is 1. The number of rotatable bonds is 5. The normalized spacial score (nSPS) is 11.3. The average Bonchev–Trinajstić information content (AvgIpc) is 3.21. The van der Waals surface area contributed by atoms with E-state index in [0.29, 0.717) is 28.9 Å². The fourth-order valence-corrected chi connectivity index (χ4v) is 4.20. The minimum atomic E-state index is -0.378. The third-order valence-corrected chi connectivity index (χ3v) is 5.77. The van der Waals surface area contributed by atoms with Crippen molar-refractivity contribution in [3.63, 3.8) is 0 Å². The molecule has 0 N–H and O–H groups in total. The zero-order chi connectivity index (χ0) is 18.1. The van der Waals surface area contributed by atoms with Crippen LogP contribution in [0.25, 0.3) is 11.0 Å². The molecule has 0 unspecified atom stereocenters. The van der Waals surface area contributed by atoms with E-state index in [4.69, 9.17) is 8.83 Å². The Balaban J connectivity index is 1.51. The molecule has 1 aromatic carbocycles. The summed E-state index contributed by atoms with van der Waals surface area (Å²) in [4.78, 5) is 16.2. The van der Waals surface area contributed by atoms with Gasteiger partial charge in [-0.2, -0.15) is 0 Å². The third-order valence-electron chi connectivity index (χ3n) is 3.59. The maximum atomic E-state index is 11.8. The van der Waals surface area contributed by atoms with E-state index in [1.54, 1.807) is 17.4 Å². The summed E-state index contributed by atoms with van der Waals surface area (Å²) in [7, 11) is 0. The van der Waals surface area contributed by atoms with Crippen molar-refractivity contribution in [2.45, 2.75) is 24.3 Å². The summed E-state index contributed by atoms with van der Waals surface area (Å²) in [5.74, 6) is 1.06. The van der Waals surface area contributed by atoms with Crippen LogP contribution in [0.1, 0.15) is 22.2 Å². The Morgan fingerprint density at radius 1 is 1.23 bits per heavy atom. The van der Waals surface area contributed by atoms with E-state index in [2.05, 4.69) is 31.1 Å². The molecule has 0 saturated heterocycles. The fourth-order valence-electron chi connectivity index (χ4n) is 2.47. The largest absolute Gasteiger partial charge is 0.423 e. The van der Waals surface area contributed by atoms with E-state index in [1.807, 2.05) is 24.4 Å². The Labute approximate surface area is 164 Å². The molecule has 0 saturated carbocycles. The van der Waals surface area contributed by atoms with Gasteiger partial charge in [0.2, 0.25) is 5.89 Å². The molecule has 4 rings (SSSR count). The first-order valence-corrected chi connectivity index (χ1v) is 10.3. The fraction of sp³-hybridized carbons (Fsp3) is 0.176. The molecule has 0 fully saturated rings. The van der Waals surface area contributed by atoms with Gasteiger partial charge in [0.05, 0.1) is 17.1 Å². The third kappa shape index (κ3) is 3.89. The molecule has 0 bridgehead atoms. The molecular formula is C17H12BrN3O3S2. The van der Waals surface area contributed by atoms with Gasteiger partial charge in [0.15, 0.2) is 0 Å². The number of aryl methyl sites for hydroxylation is 1. The van der Waals surface area contributed by atoms with E-state index >= 15 is 0 Å². The molecule has 0 aliphatic heterocycles. The maximum absolute atomic E-state index is 11.8. The van der Waals surface area contributed by atoms with Gasteiger partial charge < -0.3 is 8.83 Å². The van der Waals surface area contributed by atoms with Gasteiger partial charge >= 0.3 is 5.63 Å². The zero-order valence-electron chi connectivity index (χ0n) is 13.6. The van der Waals surface area contributed by atoms with Crippen LogP contribution in [-0.4, -0.2) is 15.2 Å². The van der Waals surface area contributed by atoms with Gasteiger partial charge in [-0.05, 0) is 30.7 Å². The zero-order valence-corrected chi connectivity index (χ0v) is 16.8. The molecular weight excluding hydrogens is 438 g/mol. The van der Waals surface area contributed by atoms with Crippen molar-refractivity contribution >= 4 is 50.0 Å². The lowest BCUT2D eigenvalue weighted by molar-refractivity contribution is 0.419. The van der Waals surface area contributed by atoms with E-state index in [1.165, 1.54) is 17.8 Å². The number of aromatic nitrogens is 3. The second-order valence-electron chi connectivity index (χ2n) is 5.52. The van der Waals surface area contributed by atoms with Crippen molar-refractivity contribution in [2.24, 2.45) is 0 Å². The van der Waals surface area contributed by atoms with Crippen LogP contribution in [0.15, 0.2) is 53.0 Å². The molecule has 3 heterocycles. The van der Waals surface area contributed by atoms with Crippen LogP contribution >= 0.6 is 39.0 Å². The predicted octanol–water partition coefficient (Wildman–Crippen LogP) is 4.59. The smallest absolute Gasteiger partial charge is 0.336 e. The number of hydrogen-bond donors (Lipinski definition) is 0. The van der Waals surface area contributed by atoms with Crippen molar-refractivity contribution < 1.29 is 8.83 Å². The van der Waals surface area contributed by atoms with Crippen LogP contribution in [0.5, 0.6) is 0 Å². The lowest BCUT2D eigenvalue weighted by atomic mass is 10.1. The number of fused-ring (bicyclic) bond motifs is 1. The Hall–Kier alpha value is -1.97. The first kappa shape index (κ1) is 17.4. The second-order valence-corrected chi connectivity index (χ2v) is 8.42. The Bertz CT molecular complexity index is 1140. The van der Waals surface area contributed by atoms with Crippen LogP contribution in [0, 0.1) is 6.92 Å². The van der Waals surface area contributed by atoms with Crippen molar-refractivity contribution in [3.05, 3.63) is 66.7 Å². The minimum Gasteiger partial charge on any atom is -0.423 e. The monoisotopic (exact) mass is 449 g/mol. The quantitative estimate of drug-likeness (QED) is 0.325. The van der Waals surface area contributed by atoms with Crippen molar-refractivity contribution in [2.75, 3.05) is 0 Å². The highest BCUT2D eigenvalue weighted by Gasteiger charge is 2.12. The lowest BCUT2D eigenvalue weighted by Crippen LogP contribution is -1.99. The summed E-state index contributed by atoms with van der Waals surface area (Å²) in [6, 6.07) is 7.11. The van der Waals surface area contributed by atoms with E-state index in [9.17, 15) is 4.79 Å². The summed E-state index contributed by atoms with van der Waals surface area (Å²) in [5, 5.41) is 12.5. The molecule has 0 amide bonds. The lowest BCUT2D eigenvalue weighted by Gasteiger charge is -2.04. The molecule has 6 nitrogen and oxygen atoms in total. The minimum absolute atomic E-state index is 0.378. The van der Waals surface area contributed by atoms with Gasteiger partial charge in [0, 0.05) is 27.1 Å². The van der Waals surface area contributed by atoms with Gasteiger partial charge in [-0.1, -0.05) is 27.7 Å². The standard InChI is InChI=1S/C17H12BrN3O3S2/c1-9-19-12(8-25-9)6-15-20-21-17(24-15)26-7-10-4-16(22)23-14-5-11(18)2-3-13(10)14/h2-5,8H,6-7H2,1H3.